The number of esters is 1. The standard InChI is InChI=1S/C21H34N2O4/c1-6-22(7-2)13-9-14-23(15-12-21(25)26-5)20(24)16-27-19-11-8-10-17(3)18(19)4/h8,10-11H,6-7,9,12-16H2,1-5H3. The SMILES string of the molecule is CCN(CC)CCCN(CCC(=O)OC)C(=O)COc1cccc(C)c1C. The van der Waals surface area contributed by atoms with Gasteiger partial charge in [-0.05, 0) is 57.1 Å². The van der Waals surface area contributed by atoms with Crippen molar-refractivity contribution in [3.05, 3.63) is 29.3 Å². The average Bonchev–Trinajstić information content (AvgIpc) is 2.68. The maximum Gasteiger partial charge on any atom is 0.307 e. The average molecular weight is 379 g/mol. The molecule has 152 valence electrons. The zero-order valence-electron chi connectivity index (χ0n) is 17.4. The van der Waals surface area contributed by atoms with E-state index in [2.05, 4.69) is 18.7 Å². The molecule has 27 heavy (non-hydrogen) atoms. The molecule has 0 bridgehead atoms. The van der Waals surface area contributed by atoms with Gasteiger partial charge < -0.3 is 19.3 Å². The van der Waals surface area contributed by atoms with E-state index >= 15 is 0 Å². The quantitative estimate of drug-likeness (QED) is 0.524. The second-order valence-electron chi connectivity index (χ2n) is 6.57. The van der Waals surface area contributed by atoms with E-state index in [9.17, 15) is 9.59 Å². The first-order valence-electron chi connectivity index (χ1n) is 9.68. The van der Waals surface area contributed by atoms with Gasteiger partial charge in [0, 0.05) is 13.1 Å². The lowest BCUT2D eigenvalue weighted by Crippen LogP contribution is -2.38. The molecular formula is C21H34N2O4. The van der Waals surface area contributed by atoms with Crippen molar-refractivity contribution < 1.29 is 19.1 Å². The van der Waals surface area contributed by atoms with E-state index in [1.165, 1.54) is 7.11 Å². The van der Waals surface area contributed by atoms with Crippen LogP contribution in [0.2, 0.25) is 0 Å². The van der Waals surface area contributed by atoms with Gasteiger partial charge in [-0.15, -0.1) is 0 Å². The highest BCUT2D eigenvalue weighted by molar-refractivity contribution is 5.78. The summed E-state index contributed by atoms with van der Waals surface area (Å²) in [6, 6.07) is 5.80. The molecule has 0 aliphatic rings. The van der Waals surface area contributed by atoms with E-state index in [1.54, 1.807) is 4.90 Å². The zero-order chi connectivity index (χ0) is 20.2. The third kappa shape index (κ3) is 7.99. The minimum atomic E-state index is -0.313. The number of hydrogen-bond donors (Lipinski definition) is 0. The van der Waals surface area contributed by atoms with Crippen LogP contribution >= 0.6 is 0 Å². The third-order valence-electron chi connectivity index (χ3n) is 4.87. The van der Waals surface area contributed by atoms with Crippen LogP contribution in [0.15, 0.2) is 18.2 Å². The molecule has 6 nitrogen and oxygen atoms in total. The van der Waals surface area contributed by atoms with Gasteiger partial charge in [0.15, 0.2) is 6.61 Å². The molecule has 0 radical (unpaired) electrons. The molecule has 0 unspecified atom stereocenters. The lowest BCUT2D eigenvalue weighted by molar-refractivity contribution is -0.142. The number of ether oxygens (including phenoxy) is 2. The van der Waals surface area contributed by atoms with Gasteiger partial charge in [-0.3, -0.25) is 9.59 Å². The molecule has 6 heteroatoms. The molecule has 1 aromatic carbocycles. The molecule has 0 N–H and O–H groups in total. The Morgan fingerprint density at radius 2 is 1.74 bits per heavy atom. The number of carbonyl (C=O) groups excluding carboxylic acids is 2. The Morgan fingerprint density at radius 1 is 1.04 bits per heavy atom. The highest BCUT2D eigenvalue weighted by Gasteiger charge is 2.17. The predicted octanol–water partition coefficient (Wildman–Crippen LogP) is 2.81. The molecule has 0 atom stereocenters. The zero-order valence-corrected chi connectivity index (χ0v) is 17.4. The number of methoxy groups -OCH3 is 1. The molecular weight excluding hydrogens is 344 g/mol. The molecule has 0 saturated heterocycles. The van der Waals surface area contributed by atoms with Crippen molar-refractivity contribution in [1.82, 2.24) is 9.80 Å². The first-order valence-corrected chi connectivity index (χ1v) is 9.68. The fraction of sp³-hybridized carbons (Fsp3) is 0.619. The van der Waals surface area contributed by atoms with Crippen LogP contribution in [-0.4, -0.2) is 68.1 Å². The van der Waals surface area contributed by atoms with Gasteiger partial charge in [0.1, 0.15) is 5.75 Å². The number of carbonyl (C=O) groups is 2. The Morgan fingerprint density at radius 3 is 2.37 bits per heavy atom. The molecule has 0 heterocycles. The smallest absolute Gasteiger partial charge is 0.307 e. The Labute approximate surface area is 163 Å². The molecule has 1 rings (SSSR count). The van der Waals surface area contributed by atoms with Crippen molar-refractivity contribution in [3.8, 4) is 5.75 Å². The Bertz CT molecular complexity index is 600. The van der Waals surface area contributed by atoms with E-state index in [0.717, 1.165) is 42.9 Å². The van der Waals surface area contributed by atoms with Gasteiger partial charge in [-0.25, -0.2) is 0 Å². The van der Waals surface area contributed by atoms with Crippen LogP contribution < -0.4 is 4.74 Å². The van der Waals surface area contributed by atoms with E-state index in [-0.39, 0.29) is 24.9 Å². The maximum atomic E-state index is 12.7. The van der Waals surface area contributed by atoms with Gasteiger partial charge in [-0.2, -0.15) is 0 Å². The second kappa shape index (κ2) is 12.3. The summed E-state index contributed by atoms with van der Waals surface area (Å²) in [5.74, 6) is 0.297. The van der Waals surface area contributed by atoms with Gasteiger partial charge >= 0.3 is 5.97 Å². The fourth-order valence-electron chi connectivity index (χ4n) is 2.83. The van der Waals surface area contributed by atoms with Crippen LogP contribution in [0, 0.1) is 13.8 Å². The van der Waals surface area contributed by atoms with Crippen molar-refractivity contribution in [2.75, 3.05) is 46.4 Å². The topological polar surface area (TPSA) is 59.1 Å². The lowest BCUT2D eigenvalue weighted by atomic mass is 10.1. The summed E-state index contributed by atoms with van der Waals surface area (Å²) in [6.45, 7) is 12.1. The highest BCUT2D eigenvalue weighted by atomic mass is 16.5. The minimum absolute atomic E-state index is 0.0310. The molecule has 0 spiro atoms. The van der Waals surface area contributed by atoms with Crippen LogP contribution in [0.1, 0.15) is 37.8 Å². The van der Waals surface area contributed by atoms with Crippen molar-refractivity contribution in [2.24, 2.45) is 0 Å². The second-order valence-corrected chi connectivity index (χ2v) is 6.57. The number of amides is 1. The first-order chi connectivity index (χ1) is 12.9. The molecule has 0 fully saturated rings. The summed E-state index contributed by atoms with van der Waals surface area (Å²) >= 11 is 0. The first kappa shape index (κ1) is 23.0. The van der Waals surface area contributed by atoms with Crippen LogP contribution in [0.4, 0.5) is 0 Å². The van der Waals surface area contributed by atoms with Crippen molar-refractivity contribution in [2.45, 2.75) is 40.5 Å². The van der Waals surface area contributed by atoms with E-state index in [1.807, 2.05) is 32.0 Å². The maximum absolute atomic E-state index is 12.7. The largest absolute Gasteiger partial charge is 0.483 e. The molecule has 0 aromatic heterocycles. The molecule has 0 aliphatic heterocycles. The monoisotopic (exact) mass is 378 g/mol. The molecule has 0 saturated carbocycles. The van der Waals surface area contributed by atoms with Gasteiger partial charge in [0.05, 0.1) is 13.5 Å². The predicted molar refractivity (Wildman–Crippen MR) is 107 cm³/mol. The van der Waals surface area contributed by atoms with E-state index in [0.29, 0.717) is 13.1 Å². The van der Waals surface area contributed by atoms with Crippen LogP contribution in [0.5, 0.6) is 5.75 Å². The summed E-state index contributed by atoms with van der Waals surface area (Å²) < 4.78 is 10.4. The summed E-state index contributed by atoms with van der Waals surface area (Å²) in [6.07, 6.45) is 1.05. The van der Waals surface area contributed by atoms with Crippen LogP contribution in [0.3, 0.4) is 0 Å². The molecule has 1 aromatic rings. The van der Waals surface area contributed by atoms with Gasteiger partial charge in [0.25, 0.3) is 5.91 Å². The van der Waals surface area contributed by atoms with Gasteiger partial charge in [-0.1, -0.05) is 26.0 Å². The van der Waals surface area contributed by atoms with E-state index < -0.39 is 0 Å². The molecule has 0 aliphatic carbocycles. The number of hydrogen-bond acceptors (Lipinski definition) is 5. The van der Waals surface area contributed by atoms with Crippen molar-refractivity contribution in [1.29, 1.82) is 0 Å². The van der Waals surface area contributed by atoms with E-state index in [4.69, 9.17) is 9.47 Å². The number of rotatable bonds is 12. The van der Waals surface area contributed by atoms with Crippen LogP contribution in [-0.2, 0) is 14.3 Å². The van der Waals surface area contributed by atoms with Gasteiger partial charge in [0.2, 0.25) is 0 Å². The number of nitrogens with zero attached hydrogens (tertiary/aromatic N) is 2. The summed E-state index contributed by atoms with van der Waals surface area (Å²) in [7, 11) is 1.36. The summed E-state index contributed by atoms with van der Waals surface area (Å²) in [5, 5.41) is 0. The molecule has 1 amide bonds. The normalized spacial score (nSPS) is 10.7. The minimum Gasteiger partial charge on any atom is -0.483 e. The third-order valence-corrected chi connectivity index (χ3v) is 4.87. The highest BCUT2D eigenvalue weighted by Crippen LogP contribution is 2.20. The van der Waals surface area contributed by atoms with Crippen LogP contribution in [0.25, 0.3) is 0 Å². The van der Waals surface area contributed by atoms with Crippen molar-refractivity contribution >= 4 is 11.9 Å². The Kier molecular flexibility index (Phi) is 10.5. The fourth-order valence-corrected chi connectivity index (χ4v) is 2.83. The summed E-state index contributed by atoms with van der Waals surface area (Å²) in [4.78, 5) is 28.2. The summed E-state index contributed by atoms with van der Waals surface area (Å²) in [5.41, 5.74) is 2.16. The van der Waals surface area contributed by atoms with Crippen molar-refractivity contribution in [3.63, 3.8) is 0 Å². The number of benzene rings is 1. The lowest BCUT2D eigenvalue weighted by Gasteiger charge is -2.25. The number of aryl methyl sites for hydroxylation is 1. The Hall–Kier alpha value is -2.08. The Balaban J connectivity index is 2.64.